The number of nitrogens with two attached hydrogens (primary N) is 1. The molecular formula is C12H16N2O2S. The van der Waals surface area contributed by atoms with Gasteiger partial charge in [0.05, 0.1) is 17.1 Å². The molecule has 0 atom stereocenters. The molecule has 1 saturated carbocycles. The number of anilines is 2. The molecule has 2 aliphatic rings. The summed E-state index contributed by atoms with van der Waals surface area (Å²) in [5.74, 6) is 0.230. The van der Waals surface area contributed by atoms with E-state index < -0.39 is 9.84 Å². The summed E-state index contributed by atoms with van der Waals surface area (Å²) in [5, 5.41) is 3.26. The lowest BCUT2D eigenvalue weighted by Gasteiger charge is -2.40. The van der Waals surface area contributed by atoms with E-state index >= 15 is 0 Å². The second-order valence-electron chi connectivity index (χ2n) is 5.19. The Hall–Kier alpha value is -1.23. The van der Waals surface area contributed by atoms with Crippen LogP contribution in [0.1, 0.15) is 19.3 Å². The summed E-state index contributed by atoms with van der Waals surface area (Å²) >= 11 is 0. The van der Waals surface area contributed by atoms with Crippen molar-refractivity contribution < 1.29 is 8.42 Å². The SMILES string of the molecule is Nc1cccc2c1S(=O)(=O)CC1(CCC1)CN2. The number of rotatable bonds is 0. The molecule has 4 nitrogen and oxygen atoms in total. The van der Waals surface area contributed by atoms with Gasteiger partial charge in [-0.25, -0.2) is 8.42 Å². The molecular weight excluding hydrogens is 236 g/mol. The van der Waals surface area contributed by atoms with Crippen molar-refractivity contribution in [3.63, 3.8) is 0 Å². The maximum Gasteiger partial charge on any atom is 0.183 e. The standard InChI is InChI=1S/C12H16N2O2S/c13-9-3-1-4-10-11(9)17(15,16)8-12(7-14-10)5-2-6-12/h1,3-4,14H,2,5-8,13H2. The highest BCUT2D eigenvalue weighted by Gasteiger charge is 2.44. The third kappa shape index (κ3) is 1.60. The van der Waals surface area contributed by atoms with Crippen LogP contribution in [-0.2, 0) is 9.84 Å². The molecule has 1 heterocycles. The van der Waals surface area contributed by atoms with E-state index in [-0.39, 0.29) is 11.2 Å². The van der Waals surface area contributed by atoms with Crippen molar-refractivity contribution in [2.45, 2.75) is 24.2 Å². The number of nitrogen functional groups attached to an aromatic ring is 1. The van der Waals surface area contributed by atoms with E-state index in [2.05, 4.69) is 5.32 Å². The Kier molecular flexibility index (Phi) is 2.17. The van der Waals surface area contributed by atoms with Crippen molar-refractivity contribution in [2.24, 2.45) is 5.41 Å². The van der Waals surface area contributed by atoms with Gasteiger partial charge < -0.3 is 11.1 Å². The van der Waals surface area contributed by atoms with Gasteiger partial charge >= 0.3 is 0 Å². The quantitative estimate of drug-likeness (QED) is 0.688. The molecule has 1 aliphatic heterocycles. The van der Waals surface area contributed by atoms with Gasteiger partial charge in [0.25, 0.3) is 0 Å². The van der Waals surface area contributed by atoms with Crippen LogP contribution in [0.2, 0.25) is 0 Å². The molecule has 1 fully saturated rings. The number of nitrogens with one attached hydrogen (secondary N) is 1. The zero-order valence-electron chi connectivity index (χ0n) is 9.57. The first-order valence-electron chi connectivity index (χ1n) is 5.88. The van der Waals surface area contributed by atoms with Crippen LogP contribution >= 0.6 is 0 Å². The minimum Gasteiger partial charge on any atom is -0.398 e. The van der Waals surface area contributed by atoms with Gasteiger partial charge in [0.15, 0.2) is 9.84 Å². The molecule has 0 unspecified atom stereocenters. The van der Waals surface area contributed by atoms with Crippen LogP contribution in [-0.4, -0.2) is 20.7 Å². The van der Waals surface area contributed by atoms with Crippen LogP contribution in [0.5, 0.6) is 0 Å². The Morgan fingerprint density at radius 3 is 2.71 bits per heavy atom. The molecule has 1 aromatic rings. The Balaban J connectivity index is 2.14. The van der Waals surface area contributed by atoms with Crippen molar-refractivity contribution in [1.82, 2.24) is 0 Å². The van der Waals surface area contributed by atoms with E-state index in [1.807, 2.05) is 0 Å². The van der Waals surface area contributed by atoms with Crippen LogP contribution in [0.4, 0.5) is 11.4 Å². The van der Waals surface area contributed by atoms with Gasteiger partial charge in [-0.15, -0.1) is 0 Å². The number of benzene rings is 1. The van der Waals surface area contributed by atoms with Crippen molar-refractivity contribution in [1.29, 1.82) is 0 Å². The first kappa shape index (κ1) is 10.9. The number of sulfone groups is 1. The Labute approximate surface area is 101 Å². The third-order valence-corrected chi connectivity index (χ3v) is 5.99. The molecule has 3 rings (SSSR count). The first-order valence-corrected chi connectivity index (χ1v) is 7.53. The minimum absolute atomic E-state index is 0.0652. The van der Waals surface area contributed by atoms with Gasteiger partial charge in [0.2, 0.25) is 0 Å². The second-order valence-corrected chi connectivity index (χ2v) is 7.12. The monoisotopic (exact) mass is 252 g/mol. The Morgan fingerprint density at radius 2 is 2.06 bits per heavy atom. The normalized spacial score (nSPS) is 24.2. The summed E-state index contributed by atoms with van der Waals surface area (Å²) in [6, 6.07) is 5.23. The molecule has 3 N–H and O–H groups in total. The highest BCUT2D eigenvalue weighted by atomic mass is 32.2. The molecule has 0 saturated heterocycles. The van der Waals surface area contributed by atoms with E-state index in [1.165, 1.54) is 0 Å². The van der Waals surface area contributed by atoms with Crippen molar-refractivity contribution in [3.05, 3.63) is 18.2 Å². The summed E-state index contributed by atoms with van der Waals surface area (Å²) < 4.78 is 24.8. The summed E-state index contributed by atoms with van der Waals surface area (Å²) in [7, 11) is -3.27. The largest absolute Gasteiger partial charge is 0.398 e. The minimum atomic E-state index is -3.27. The maximum atomic E-state index is 12.4. The lowest BCUT2D eigenvalue weighted by Crippen LogP contribution is -2.40. The van der Waals surface area contributed by atoms with Crippen LogP contribution in [0.25, 0.3) is 0 Å². The molecule has 92 valence electrons. The zero-order chi connectivity index (χ0) is 12.1. The summed E-state index contributed by atoms with van der Waals surface area (Å²) in [6.07, 6.45) is 3.11. The lowest BCUT2D eigenvalue weighted by atomic mass is 9.70. The predicted octanol–water partition coefficient (Wildman–Crippen LogP) is 1.64. The Bertz CT molecular complexity index is 562. The zero-order valence-corrected chi connectivity index (χ0v) is 10.4. The highest BCUT2D eigenvalue weighted by Crippen LogP contribution is 2.46. The van der Waals surface area contributed by atoms with E-state index in [1.54, 1.807) is 18.2 Å². The molecule has 1 spiro atoms. The molecule has 17 heavy (non-hydrogen) atoms. The van der Waals surface area contributed by atoms with Gasteiger partial charge in [0, 0.05) is 12.0 Å². The van der Waals surface area contributed by atoms with Gasteiger partial charge in [-0.2, -0.15) is 0 Å². The van der Waals surface area contributed by atoms with Crippen molar-refractivity contribution in [2.75, 3.05) is 23.3 Å². The third-order valence-electron chi connectivity index (χ3n) is 3.92. The number of hydrogen-bond donors (Lipinski definition) is 2. The summed E-state index contributed by atoms with van der Waals surface area (Å²) in [5.41, 5.74) is 6.76. The fraction of sp³-hybridized carbons (Fsp3) is 0.500. The second kappa shape index (κ2) is 3.38. The van der Waals surface area contributed by atoms with Crippen molar-refractivity contribution in [3.8, 4) is 0 Å². The van der Waals surface area contributed by atoms with E-state index in [4.69, 9.17) is 5.73 Å². The van der Waals surface area contributed by atoms with Crippen LogP contribution in [0.3, 0.4) is 0 Å². The van der Waals surface area contributed by atoms with Crippen LogP contribution in [0, 0.1) is 5.41 Å². The average molecular weight is 252 g/mol. The van der Waals surface area contributed by atoms with Crippen LogP contribution < -0.4 is 11.1 Å². The first-order chi connectivity index (χ1) is 8.03. The molecule has 0 amide bonds. The van der Waals surface area contributed by atoms with Gasteiger partial charge in [-0.1, -0.05) is 12.5 Å². The van der Waals surface area contributed by atoms with E-state index in [0.29, 0.717) is 16.3 Å². The molecule has 1 aliphatic carbocycles. The van der Waals surface area contributed by atoms with Gasteiger partial charge in [0.1, 0.15) is 4.90 Å². The lowest BCUT2D eigenvalue weighted by molar-refractivity contribution is 0.184. The molecule has 0 aromatic heterocycles. The Morgan fingerprint density at radius 1 is 1.29 bits per heavy atom. The van der Waals surface area contributed by atoms with Gasteiger partial charge in [-0.3, -0.25) is 0 Å². The predicted molar refractivity (Wildman–Crippen MR) is 67.7 cm³/mol. The van der Waals surface area contributed by atoms with Crippen LogP contribution in [0.15, 0.2) is 23.1 Å². The molecule has 0 radical (unpaired) electrons. The fourth-order valence-electron chi connectivity index (χ4n) is 2.85. The smallest absolute Gasteiger partial charge is 0.183 e. The number of fused-ring (bicyclic) bond motifs is 1. The van der Waals surface area contributed by atoms with E-state index in [0.717, 1.165) is 25.8 Å². The van der Waals surface area contributed by atoms with Gasteiger partial charge in [-0.05, 0) is 25.0 Å². The topological polar surface area (TPSA) is 72.2 Å². The fourth-order valence-corrected chi connectivity index (χ4v) is 5.09. The summed E-state index contributed by atoms with van der Waals surface area (Å²) in [6.45, 7) is 0.739. The van der Waals surface area contributed by atoms with Crippen molar-refractivity contribution >= 4 is 21.2 Å². The number of hydrogen-bond acceptors (Lipinski definition) is 4. The molecule has 5 heteroatoms. The molecule has 0 bridgehead atoms. The average Bonchev–Trinajstić information content (AvgIpc) is 2.33. The maximum absolute atomic E-state index is 12.4. The summed E-state index contributed by atoms with van der Waals surface area (Å²) in [4.78, 5) is 0.295. The van der Waals surface area contributed by atoms with E-state index in [9.17, 15) is 8.42 Å². The molecule has 1 aromatic carbocycles. The highest BCUT2D eigenvalue weighted by molar-refractivity contribution is 7.91.